The van der Waals surface area contributed by atoms with E-state index in [-0.39, 0.29) is 25.0 Å². The molecule has 2 saturated heterocycles. The third-order valence-corrected chi connectivity index (χ3v) is 5.98. The number of hydrogen-bond acceptors (Lipinski definition) is 6. The fourth-order valence-corrected chi connectivity index (χ4v) is 4.43. The van der Waals surface area contributed by atoms with E-state index in [1.165, 1.54) is 4.90 Å². The van der Waals surface area contributed by atoms with Crippen LogP contribution in [0.4, 0.5) is 25.0 Å². The standard InChI is InChI=1S/C22H27F2N3O5/c1-22(2,3)32-20(29)17-15-10-26(11-16(15)17)12-4-6-13(7-5-12)27-9-14(31-21(27)30)8-25-19(28)18(23)24/h4-7,14-18H,8-11H2,1-3H3,(H,25,28). The van der Waals surface area contributed by atoms with Crippen LogP contribution in [-0.2, 0) is 19.1 Å². The second-order valence-corrected chi connectivity index (χ2v) is 9.47. The third-order valence-electron chi connectivity index (χ3n) is 5.98. The van der Waals surface area contributed by atoms with Gasteiger partial charge in [-0.3, -0.25) is 14.5 Å². The summed E-state index contributed by atoms with van der Waals surface area (Å²) in [6, 6.07) is 7.40. The van der Waals surface area contributed by atoms with Gasteiger partial charge in [-0.2, -0.15) is 8.78 Å². The number of carbonyl (C=O) groups is 3. The number of hydrogen-bond donors (Lipinski definition) is 1. The number of piperidine rings is 1. The molecule has 2 aliphatic heterocycles. The molecular formula is C22H27F2N3O5. The predicted molar refractivity (Wildman–Crippen MR) is 112 cm³/mol. The van der Waals surface area contributed by atoms with Gasteiger partial charge in [0.2, 0.25) is 0 Å². The van der Waals surface area contributed by atoms with Gasteiger partial charge in [0.25, 0.3) is 5.91 Å². The zero-order valence-corrected chi connectivity index (χ0v) is 18.2. The molecule has 8 nitrogen and oxygen atoms in total. The summed E-state index contributed by atoms with van der Waals surface area (Å²) in [5, 5.41) is 2.06. The van der Waals surface area contributed by atoms with E-state index in [1.807, 2.05) is 32.9 Å². The van der Waals surface area contributed by atoms with E-state index in [0.29, 0.717) is 17.5 Å². The number of alkyl halides is 2. The SMILES string of the molecule is CC(C)(C)OC(=O)C1C2CN(c3ccc(N4CC(CNC(=O)C(F)F)OC4=O)cc3)CC21. The van der Waals surface area contributed by atoms with E-state index >= 15 is 0 Å². The van der Waals surface area contributed by atoms with Gasteiger partial charge in [-0.1, -0.05) is 0 Å². The molecule has 3 atom stereocenters. The van der Waals surface area contributed by atoms with Gasteiger partial charge in [-0.25, -0.2) is 4.79 Å². The van der Waals surface area contributed by atoms with Crippen LogP contribution in [0.3, 0.4) is 0 Å². The fraction of sp³-hybridized carbons (Fsp3) is 0.591. The minimum Gasteiger partial charge on any atom is -0.460 e. The Bertz CT molecular complexity index is 890. The Hall–Kier alpha value is -2.91. The molecule has 3 fully saturated rings. The Balaban J connectivity index is 1.29. The van der Waals surface area contributed by atoms with Crippen molar-refractivity contribution in [3.8, 4) is 0 Å². The summed E-state index contributed by atoms with van der Waals surface area (Å²) in [6.45, 7) is 7.17. The first-order chi connectivity index (χ1) is 15.0. The molecule has 0 bridgehead atoms. The van der Waals surface area contributed by atoms with Crippen molar-refractivity contribution in [3.05, 3.63) is 24.3 Å². The molecule has 174 valence electrons. The van der Waals surface area contributed by atoms with Gasteiger partial charge in [0.15, 0.2) is 0 Å². The number of cyclic esters (lactones) is 1. The highest BCUT2D eigenvalue weighted by Crippen LogP contribution is 2.53. The summed E-state index contributed by atoms with van der Waals surface area (Å²) in [5.74, 6) is -0.910. The van der Waals surface area contributed by atoms with Crippen LogP contribution in [0.5, 0.6) is 0 Å². The molecule has 0 spiro atoms. The van der Waals surface area contributed by atoms with Gasteiger partial charge in [0.1, 0.15) is 11.7 Å². The maximum absolute atomic E-state index is 12.3. The van der Waals surface area contributed by atoms with Gasteiger partial charge in [-0.15, -0.1) is 0 Å². The van der Waals surface area contributed by atoms with Gasteiger partial charge in [0.05, 0.1) is 19.0 Å². The number of nitrogens with one attached hydrogen (secondary N) is 1. The monoisotopic (exact) mass is 451 g/mol. The first-order valence-corrected chi connectivity index (χ1v) is 10.7. The minimum atomic E-state index is -3.10. The lowest BCUT2D eigenvalue weighted by Gasteiger charge is -2.24. The van der Waals surface area contributed by atoms with Crippen LogP contribution in [0.2, 0.25) is 0 Å². The molecule has 2 amide bonds. The van der Waals surface area contributed by atoms with E-state index in [4.69, 9.17) is 9.47 Å². The number of fused-ring (bicyclic) bond motifs is 1. The van der Waals surface area contributed by atoms with Gasteiger partial charge in [-0.05, 0) is 56.9 Å². The lowest BCUT2D eigenvalue weighted by molar-refractivity contribution is -0.157. The Morgan fingerprint density at radius 3 is 2.28 bits per heavy atom. The van der Waals surface area contributed by atoms with Gasteiger partial charge >= 0.3 is 18.5 Å². The van der Waals surface area contributed by atoms with E-state index in [9.17, 15) is 23.2 Å². The molecule has 2 heterocycles. The topological polar surface area (TPSA) is 88.2 Å². The van der Waals surface area contributed by atoms with E-state index in [0.717, 1.165) is 18.8 Å². The Morgan fingerprint density at radius 2 is 1.72 bits per heavy atom. The Kier molecular flexibility index (Phi) is 5.72. The molecule has 1 aromatic carbocycles. The van der Waals surface area contributed by atoms with Crippen LogP contribution in [0.25, 0.3) is 0 Å². The second kappa shape index (κ2) is 8.22. The highest BCUT2D eigenvalue weighted by Gasteiger charge is 2.60. The minimum absolute atomic E-state index is 0.0217. The van der Waals surface area contributed by atoms with Crippen LogP contribution in [0.15, 0.2) is 24.3 Å². The van der Waals surface area contributed by atoms with Crippen molar-refractivity contribution in [1.82, 2.24) is 5.32 Å². The second-order valence-electron chi connectivity index (χ2n) is 9.47. The molecule has 0 radical (unpaired) electrons. The van der Waals surface area contributed by atoms with E-state index < -0.39 is 30.1 Å². The highest BCUT2D eigenvalue weighted by molar-refractivity contribution is 5.90. The number of ether oxygens (including phenoxy) is 2. The third kappa shape index (κ3) is 4.63. The summed E-state index contributed by atoms with van der Waals surface area (Å²) in [5.41, 5.74) is 1.14. The van der Waals surface area contributed by atoms with Crippen molar-refractivity contribution in [3.63, 3.8) is 0 Å². The van der Waals surface area contributed by atoms with Crippen molar-refractivity contribution in [2.24, 2.45) is 17.8 Å². The normalized spacial score (nSPS) is 26.8. The molecule has 1 saturated carbocycles. The Morgan fingerprint density at radius 1 is 1.12 bits per heavy atom. The van der Waals surface area contributed by atoms with Crippen molar-refractivity contribution in [2.45, 2.75) is 38.9 Å². The molecule has 0 aromatic heterocycles. The lowest BCUT2D eigenvalue weighted by Crippen LogP contribution is -2.37. The van der Waals surface area contributed by atoms with Crippen LogP contribution < -0.4 is 15.1 Å². The zero-order chi connectivity index (χ0) is 23.2. The number of halogens is 2. The first kappa shape index (κ1) is 22.3. The molecule has 3 unspecified atom stereocenters. The number of benzene rings is 1. The zero-order valence-electron chi connectivity index (χ0n) is 18.2. The summed E-state index contributed by atoms with van der Waals surface area (Å²) >= 11 is 0. The smallest absolute Gasteiger partial charge is 0.414 e. The van der Waals surface area contributed by atoms with E-state index in [1.54, 1.807) is 12.1 Å². The molecule has 32 heavy (non-hydrogen) atoms. The van der Waals surface area contributed by atoms with E-state index in [2.05, 4.69) is 10.2 Å². The summed E-state index contributed by atoms with van der Waals surface area (Å²) < 4.78 is 35.2. The average Bonchev–Trinajstić information content (AvgIpc) is 3.03. The van der Waals surface area contributed by atoms with Crippen LogP contribution >= 0.6 is 0 Å². The molecule has 4 rings (SSSR count). The average molecular weight is 451 g/mol. The number of carbonyl (C=O) groups excluding carboxylic acids is 3. The van der Waals surface area contributed by atoms with Crippen molar-refractivity contribution < 1.29 is 32.6 Å². The van der Waals surface area contributed by atoms with Crippen molar-refractivity contribution in [1.29, 1.82) is 0 Å². The van der Waals surface area contributed by atoms with Crippen LogP contribution in [-0.4, -0.2) is 62.3 Å². The predicted octanol–water partition coefficient (Wildman–Crippen LogP) is 2.42. The summed E-state index contributed by atoms with van der Waals surface area (Å²) in [4.78, 5) is 39.0. The van der Waals surface area contributed by atoms with Gasteiger partial charge < -0.3 is 19.7 Å². The molecule has 1 N–H and O–H groups in total. The molecular weight excluding hydrogens is 424 g/mol. The highest BCUT2D eigenvalue weighted by atomic mass is 19.3. The largest absolute Gasteiger partial charge is 0.460 e. The molecule has 3 aliphatic rings. The van der Waals surface area contributed by atoms with Crippen molar-refractivity contribution >= 4 is 29.3 Å². The fourth-order valence-electron chi connectivity index (χ4n) is 4.43. The molecule has 10 heteroatoms. The number of anilines is 2. The Labute approximate surface area is 184 Å². The number of esters is 1. The lowest BCUT2D eigenvalue weighted by atomic mass is 10.2. The summed E-state index contributed by atoms with van der Waals surface area (Å²) in [7, 11) is 0. The van der Waals surface area contributed by atoms with Gasteiger partial charge in [0, 0.05) is 24.5 Å². The number of nitrogens with zero attached hydrogens (tertiary/aromatic N) is 2. The van der Waals surface area contributed by atoms with Crippen molar-refractivity contribution in [2.75, 3.05) is 36.0 Å². The number of rotatable bonds is 6. The molecule has 1 aliphatic carbocycles. The summed E-state index contributed by atoms with van der Waals surface area (Å²) in [6.07, 6.45) is -4.39. The van der Waals surface area contributed by atoms with Crippen LogP contribution in [0.1, 0.15) is 20.8 Å². The molecule has 1 aromatic rings. The maximum Gasteiger partial charge on any atom is 0.414 e. The maximum atomic E-state index is 12.3. The first-order valence-electron chi connectivity index (χ1n) is 10.7. The quantitative estimate of drug-likeness (QED) is 0.669. The number of amides is 2. The van der Waals surface area contributed by atoms with Crippen LogP contribution in [0, 0.1) is 17.8 Å².